The van der Waals surface area contributed by atoms with Gasteiger partial charge in [0.1, 0.15) is 5.75 Å². The number of rotatable bonds is 3. The lowest BCUT2D eigenvalue weighted by Gasteiger charge is -2.24. The molecule has 4 nitrogen and oxygen atoms in total. The van der Waals surface area contributed by atoms with Crippen molar-refractivity contribution < 1.29 is 9.53 Å². The molecule has 2 N–H and O–H groups in total. The summed E-state index contributed by atoms with van der Waals surface area (Å²) in [6.45, 7) is 10.0. The number of ether oxygens (including phenoxy) is 1. The molecule has 1 saturated heterocycles. The smallest absolute Gasteiger partial charge is 0.263 e. The fourth-order valence-electron chi connectivity index (χ4n) is 4.04. The zero-order chi connectivity index (χ0) is 17.5. The Morgan fingerprint density at radius 2 is 2.04 bits per heavy atom. The third kappa shape index (κ3) is 3.44. The Labute approximate surface area is 145 Å². The van der Waals surface area contributed by atoms with Gasteiger partial charge in [0.05, 0.1) is 0 Å². The first kappa shape index (κ1) is 17.3. The summed E-state index contributed by atoms with van der Waals surface area (Å²) >= 11 is 0. The van der Waals surface area contributed by atoms with Crippen LogP contribution in [0.5, 0.6) is 5.75 Å². The van der Waals surface area contributed by atoms with Crippen LogP contribution in [0.2, 0.25) is 0 Å². The molecule has 0 bridgehead atoms. The van der Waals surface area contributed by atoms with Crippen LogP contribution in [0.3, 0.4) is 0 Å². The molecule has 1 heterocycles. The molecule has 4 atom stereocenters. The highest BCUT2D eigenvalue weighted by Crippen LogP contribution is 2.37. The largest absolute Gasteiger partial charge is 0.481 e. The third-order valence-corrected chi connectivity index (χ3v) is 5.58. The quantitative estimate of drug-likeness (QED) is 0.927. The molecule has 1 aromatic carbocycles. The van der Waals surface area contributed by atoms with Gasteiger partial charge in [0, 0.05) is 19.1 Å². The maximum absolute atomic E-state index is 12.7. The number of amides is 1. The Bertz CT molecular complexity index is 608. The summed E-state index contributed by atoms with van der Waals surface area (Å²) in [4.78, 5) is 14.7. The molecule has 4 heteroatoms. The van der Waals surface area contributed by atoms with Crippen LogP contribution in [0.1, 0.15) is 46.1 Å². The van der Waals surface area contributed by atoms with Crippen LogP contribution in [-0.4, -0.2) is 36.0 Å². The fourth-order valence-corrected chi connectivity index (χ4v) is 4.04. The van der Waals surface area contributed by atoms with Crippen molar-refractivity contribution in [3.05, 3.63) is 29.8 Å². The summed E-state index contributed by atoms with van der Waals surface area (Å²) in [6.07, 6.45) is 1.79. The molecule has 0 spiro atoms. The van der Waals surface area contributed by atoms with Crippen LogP contribution in [0.25, 0.3) is 0 Å². The van der Waals surface area contributed by atoms with E-state index < -0.39 is 6.10 Å². The van der Waals surface area contributed by atoms with Gasteiger partial charge >= 0.3 is 0 Å². The Kier molecular flexibility index (Phi) is 4.60. The summed E-state index contributed by atoms with van der Waals surface area (Å²) in [5, 5.41) is 0. The number of hydrogen-bond donors (Lipinski definition) is 1. The second-order valence-corrected chi connectivity index (χ2v) is 8.45. The average Bonchev–Trinajstić information content (AvgIpc) is 3.08. The van der Waals surface area contributed by atoms with Gasteiger partial charge in [0.15, 0.2) is 6.10 Å². The number of carbonyl (C=O) groups is 1. The van der Waals surface area contributed by atoms with E-state index in [2.05, 4.69) is 26.8 Å². The standard InChI is InChI=1S/C20H30N2O2/c1-13(24-16-7-5-6-15(10-16)20(2,3)4)19(23)22-11-14-8-9-18(21)17(14)12-22/h5-7,10,13-14,17-18H,8-9,11-12,21H2,1-4H3. The van der Waals surface area contributed by atoms with Gasteiger partial charge in [-0.25, -0.2) is 0 Å². The van der Waals surface area contributed by atoms with E-state index >= 15 is 0 Å². The Morgan fingerprint density at radius 3 is 2.71 bits per heavy atom. The number of likely N-dealkylation sites (tertiary alicyclic amines) is 1. The molecule has 132 valence electrons. The van der Waals surface area contributed by atoms with Gasteiger partial charge in [0.2, 0.25) is 0 Å². The van der Waals surface area contributed by atoms with E-state index in [1.807, 2.05) is 30.0 Å². The Morgan fingerprint density at radius 1 is 1.29 bits per heavy atom. The monoisotopic (exact) mass is 330 g/mol. The number of benzene rings is 1. The van der Waals surface area contributed by atoms with E-state index in [0.717, 1.165) is 31.7 Å². The summed E-state index contributed by atoms with van der Waals surface area (Å²) in [7, 11) is 0. The first-order valence-electron chi connectivity index (χ1n) is 9.07. The molecular weight excluding hydrogens is 300 g/mol. The lowest BCUT2D eigenvalue weighted by atomic mass is 9.87. The molecule has 1 aliphatic carbocycles. The topological polar surface area (TPSA) is 55.6 Å². The average molecular weight is 330 g/mol. The zero-order valence-corrected chi connectivity index (χ0v) is 15.3. The van der Waals surface area contributed by atoms with Crippen molar-refractivity contribution in [2.24, 2.45) is 17.6 Å². The Hall–Kier alpha value is -1.55. The predicted octanol–water partition coefficient (Wildman–Crippen LogP) is 2.95. The Balaban J connectivity index is 1.63. The van der Waals surface area contributed by atoms with Crippen LogP contribution >= 0.6 is 0 Å². The molecule has 0 radical (unpaired) electrons. The van der Waals surface area contributed by atoms with Crippen LogP contribution < -0.4 is 10.5 Å². The molecule has 24 heavy (non-hydrogen) atoms. The molecule has 4 unspecified atom stereocenters. The van der Waals surface area contributed by atoms with Crippen LogP contribution in [-0.2, 0) is 10.2 Å². The molecule has 1 saturated carbocycles. The first-order chi connectivity index (χ1) is 11.3. The SMILES string of the molecule is CC(Oc1cccc(C(C)(C)C)c1)C(=O)N1CC2CCC(N)C2C1. The second kappa shape index (κ2) is 6.40. The van der Waals surface area contributed by atoms with E-state index in [-0.39, 0.29) is 17.4 Å². The minimum Gasteiger partial charge on any atom is -0.481 e. The van der Waals surface area contributed by atoms with Crippen LogP contribution in [0.15, 0.2) is 24.3 Å². The summed E-state index contributed by atoms with van der Waals surface area (Å²) in [5.41, 5.74) is 7.44. The van der Waals surface area contributed by atoms with E-state index in [0.29, 0.717) is 11.8 Å². The molecular formula is C20H30N2O2. The number of fused-ring (bicyclic) bond motifs is 1. The van der Waals surface area contributed by atoms with Crippen molar-refractivity contribution in [3.63, 3.8) is 0 Å². The number of nitrogens with zero attached hydrogens (tertiary/aromatic N) is 1. The van der Waals surface area contributed by atoms with Gasteiger partial charge in [-0.15, -0.1) is 0 Å². The van der Waals surface area contributed by atoms with Crippen LogP contribution in [0, 0.1) is 11.8 Å². The molecule has 2 aliphatic rings. The van der Waals surface area contributed by atoms with Gasteiger partial charge in [-0.1, -0.05) is 32.9 Å². The number of carbonyl (C=O) groups excluding carboxylic acids is 1. The maximum atomic E-state index is 12.7. The fraction of sp³-hybridized carbons (Fsp3) is 0.650. The van der Waals surface area contributed by atoms with Crippen LogP contribution in [0.4, 0.5) is 0 Å². The van der Waals surface area contributed by atoms with E-state index in [9.17, 15) is 4.79 Å². The zero-order valence-electron chi connectivity index (χ0n) is 15.3. The minimum absolute atomic E-state index is 0.0646. The molecule has 1 aliphatic heterocycles. The maximum Gasteiger partial charge on any atom is 0.263 e. The second-order valence-electron chi connectivity index (χ2n) is 8.45. The molecule has 3 rings (SSSR count). The number of nitrogens with two attached hydrogens (primary N) is 1. The third-order valence-electron chi connectivity index (χ3n) is 5.58. The minimum atomic E-state index is -0.463. The van der Waals surface area contributed by atoms with Crippen molar-refractivity contribution >= 4 is 5.91 Å². The molecule has 2 fully saturated rings. The highest BCUT2D eigenvalue weighted by atomic mass is 16.5. The molecule has 0 aromatic heterocycles. The molecule has 1 amide bonds. The van der Waals surface area contributed by atoms with E-state index in [1.165, 1.54) is 5.56 Å². The van der Waals surface area contributed by atoms with Gasteiger partial charge in [0.25, 0.3) is 5.91 Å². The lowest BCUT2D eigenvalue weighted by molar-refractivity contribution is -0.137. The van der Waals surface area contributed by atoms with Crippen molar-refractivity contribution in [3.8, 4) is 5.75 Å². The molecule has 1 aromatic rings. The number of hydrogen-bond acceptors (Lipinski definition) is 3. The normalized spacial score (nSPS) is 27.9. The van der Waals surface area contributed by atoms with Crippen molar-refractivity contribution in [1.29, 1.82) is 0 Å². The summed E-state index contributed by atoms with van der Waals surface area (Å²) < 4.78 is 5.95. The van der Waals surface area contributed by atoms with Gasteiger partial charge < -0.3 is 15.4 Å². The summed E-state index contributed by atoms with van der Waals surface area (Å²) in [5.74, 6) is 1.91. The van der Waals surface area contributed by atoms with Crippen molar-refractivity contribution in [2.45, 2.75) is 58.1 Å². The predicted molar refractivity (Wildman–Crippen MR) is 96.0 cm³/mol. The highest BCUT2D eigenvalue weighted by molar-refractivity contribution is 5.81. The first-order valence-corrected chi connectivity index (χ1v) is 9.07. The van der Waals surface area contributed by atoms with Gasteiger partial charge in [-0.2, -0.15) is 0 Å². The highest BCUT2D eigenvalue weighted by Gasteiger charge is 2.43. The van der Waals surface area contributed by atoms with Crippen molar-refractivity contribution in [1.82, 2.24) is 4.90 Å². The summed E-state index contributed by atoms with van der Waals surface area (Å²) in [6, 6.07) is 8.31. The van der Waals surface area contributed by atoms with Gasteiger partial charge in [-0.3, -0.25) is 4.79 Å². The lowest BCUT2D eigenvalue weighted by Crippen LogP contribution is -2.40. The van der Waals surface area contributed by atoms with E-state index in [4.69, 9.17) is 10.5 Å². The van der Waals surface area contributed by atoms with Crippen molar-refractivity contribution in [2.75, 3.05) is 13.1 Å². The van der Waals surface area contributed by atoms with E-state index in [1.54, 1.807) is 0 Å². The van der Waals surface area contributed by atoms with Gasteiger partial charge in [-0.05, 0) is 54.7 Å².